The number of halogens is 2. The van der Waals surface area contributed by atoms with Crippen LogP contribution < -0.4 is 28.4 Å². The third-order valence-electron chi connectivity index (χ3n) is 11.3. The van der Waals surface area contributed by atoms with Gasteiger partial charge in [0.2, 0.25) is 0 Å². The standard InChI is InChI=1S/2C24H25FN6O5S/c2*1-15(8-21-27-11-17(25)12-28-21)37(32,33)14-22-29-30-24(16-9-18(34-2)13-26-10-16)31(22)23-19(35-3)6-5-7-20(23)36-4/h2*5-7,9-13,15H,8,14H2,1-4H3/t2*15-/m10/s1. The van der Waals surface area contributed by atoms with E-state index in [2.05, 4.69) is 50.3 Å². The molecule has 2 aromatic carbocycles. The Balaban J connectivity index is 0.000000216. The van der Waals surface area contributed by atoms with E-state index in [9.17, 15) is 25.6 Å². The molecule has 0 unspecified atom stereocenters. The van der Waals surface area contributed by atoms with E-state index in [1.165, 1.54) is 42.7 Å². The Hall–Kier alpha value is -8.26. The summed E-state index contributed by atoms with van der Waals surface area (Å²) in [6, 6.07) is 13.8. The lowest BCUT2D eigenvalue weighted by molar-refractivity contribution is 0.390. The van der Waals surface area contributed by atoms with Crippen molar-refractivity contribution in [3.05, 3.63) is 133 Å². The quantitative estimate of drug-likeness (QED) is 0.0891. The number of methoxy groups -OCH3 is 6. The zero-order chi connectivity index (χ0) is 53.2. The fourth-order valence-electron chi connectivity index (χ4n) is 7.37. The van der Waals surface area contributed by atoms with Gasteiger partial charge in [-0.1, -0.05) is 12.1 Å². The molecule has 388 valence electrons. The lowest BCUT2D eigenvalue weighted by Gasteiger charge is -2.18. The Morgan fingerprint density at radius 3 is 1.14 bits per heavy atom. The topological polar surface area (TPSA) is 262 Å². The van der Waals surface area contributed by atoms with Gasteiger partial charge in [-0.3, -0.25) is 19.1 Å². The molecule has 0 saturated heterocycles. The molecular weight excluding hydrogens is 1010 g/mol. The fourth-order valence-corrected chi connectivity index (χ4v) is 9.84. The van der Waals surface area contributed by atoms with Crippen molar-refractivity contribution in [2.75, 3.05) is 42.7 Å². The van der Waals surface area contributed by atoms with Crippen molar-refractivity contribution < 1.29 is 54.0 Å². The lowest BCUT2D eigenvalue weighted by atomic mass is 10.2. The number of ether oxygens (including phenoxy) is 6. The molecule has 0 aliphatic rings. The Kier molecular flexibility index (Phi) is 17.0. The van der Waals surface area contributed by atoms with Gasteiger partial charge in [0.05, 0.1) is 90.3 Å². The van der Waals surface area contributed by atoms with Gasteiger partial charge in [0, 0.05) is 36.4 Å². The molecule has 0 radical (unpaired) electrons. The number of hydrogen-bond acceptors (Lipinski definition) is 20. The summed E-state index contributed by atoms with van der Waals surface area (Å²) >= 11 is 0. The van der Waals surface area contributed by atoms with Crippen molar-refractivity contribution in [1.82, 2.24) is 59.4 Å². The van der Waals surface area contributed by atoms with Crippen LogP contribution in [0.5, 0.6) is 34.5 Å². The minimum atomic E-state index is -3.79. The molecule has 22 nitrogen and oxygen atoms in total. The van der Waals surface area contributed by atoms with Crippen LogP contribution in [-0.2, 0) is 44.0 Å². The average molecular weight is 1060 g/mol. The van der Waals surface area contributed by atoms with Crippen LogP contribution >= 0.6 is 0 Å². The zero-order valence-electron chi connectivity index (χ0n) is 41.2. The molecule has 0 bridgehead atoms. The van der Waals surface area contributed by atoms with E-state index in [1.807, 2.05) is 0 Å². The van der Waals surface area contributed by atoms with E-state index in [0.29, 0.717) is 68.6 Å². The summed E-state index contributed by atoms with van der Waals surface area (Å²) in [7, 11) is 1.43. The monoisotopic (exact) mass is 1060 g/mol. The number of aromatic nitrogens is 12. The molecule has 0 aliphatic heterocycles. The number of pyridine rings is 2. The summed E-state index contributed by atoms with van der Waals surface area (Å²) in [6.45, 7) is 3.08. The third kappa shape index (κ3) is 12.1. The van der Waals surface area contributed by atoms with Gasteiger partial charge in [-0.2, -0.15) is 0 Å². The number of nitrogens with zero attached hydrogens (tertiary/aromatic N) is 12. The second kappa shape index (κ2) is 23.5. The van der Waals surface area contributed by atoms with Gasteiger partial charge in [0.1, 0.15) is 69.0 Å². The minimum absolute atomic E-state index is 0.00138. The summed E-state index contributed by atoms with van der Waals surface area (Å²) in [4.78, 5) is 23.9. The molecule has 74 heavy (non-hydrogen) atoms. The SMILES string of the molecule is COc1cncc(-c2nnc(CS(=O)(=O)[C@@H](C)Cc3ncc(F)cn3)n2-c2c(OC)cccc2OC)c1.COc1cncc(-c2nnc(CS(=O)(=O)[C@H](C)Cc3ncc(F)cn3)n2-c2c(OC)cccc2OC)c1. The summed E-state index contributed by atoms with van der Waals surface area (Å²) in [5.74, 6) is 1.86. The maximum atomic E-state index is 13.4. The highest BCUT2D eigenvalue weighted by molar-refractivity contribution is 7.91. The molecule has 0 spiro atoms. The predicted molar refractivity (Wildman–Crippen MR) is 264 cm³/mol. The fraction of sp³-hybridized carbons (Fsp3) is 0.292. The second-order valence-corrected chi connectivity index (χ2v) is 20.9. The second-order valence-electron chi connectivity index (χ2n) is 16.1. The first-order chi connectivity index (χ1) is 35.5. The van der Waals surface area contributed by atoms with Crippen LogP contribution in [-0.4, -0.2) is 129 Å². The molecule has 6 heterocycles. The molecule has 0 N–H and O–H groups in total. The molecule has 0 amide bonds. The number of sulfone groups is 2. The normalized spacial score (nSPS) is 12.2. The molecule has 26 heteroatoms. The van der Waals surface area contributed by atoms with Gasteiger partial charge >= 0.3 is 0 Å². The summed E-state index contributed by atoms with van der Waals surface area (Å²) < 4.78 is 116. The molecule has 2 atom stereocenters. The van der Waals surface area contributed by atoms with E-state index in [1.54, 1.807) is 96.3 Å². The van der Waals surface area contributed by atoms with Crippen LogP contribution in [0.1, 0.15) is 37.1 Å². The maximum absolute atomic E-state index is 13.4. The molecule has 6 aromatic heterocycles. The highest BCUT2D eigenvalue weighted by atomic mass is 32.2. The largest absolute Gasteiger partial charge is 0.495 e. The number of para-hydroxylation sites is 2. The smallest absolute Gasteiger partial charge is 0.170 e. The molecule has 0 saturated carbocycles. The third-order valence-corrected chi connectivity index (χ3v) is 15.4. The Bertz CT molecular complexity index is 3170. The summed E-state index contributed by atoms with van der Waals surface area (Å²) in [5.41, 5.74) is 1.93. The first-order valence-electron chi connectivity index (χ1n) is 22.2. The van der Waals surface area contributed by atoms with Crippen molar-refractivity contribution >= 4 is 19.7 Å². The van der Waals surface area contributed by atoms with Gasteiger partial charge in [-0.15, -0.1) is 20.4 Å². The number of hydrogen-bond donors (Lipinski definition) is 0. The highest BCUT2D eigenvalue weighted by Gasteiger charge is 2.31. The van der Waals surface area contributed by atoms with Crippen LogP contribution in [0, 0.1) is 11.6 Å². The maximum Gasteiger partial charge on any atom is 0.170 e. The minimum Gasteiger partial charge on any atom is -0.495 e. The van der Waals surface area contributed by atoms with Crippen LogP contribution in [0.25, 0.3) is 34.2 Å². The molecule has 0 fully saturated rings. The zero-order valence-corrected chi connectivity index (χ0v) is 42.9. The Morgan fingerprint density at radius 2 is 0.824 bits per heavy atom. The average Bonchev–Trinajstić information content (AvgIpc) is 4.02. The van der Waals surface area contributed by atoms with E-state index < -0.39 is 53.3 Å². The molecular formula is C48H50F2N12O10S2. The molecule has 0 aliphatic carbocycles. The van der Waals surface area contributed by atoms with Gasteiger partial charge < -0.3 is 28.4 Å². The van der Waals surface area contributed by atoms with Crippen molar-refractivity contribution in [3.63, 3.8) is 0 Å². The van der Waals surface area contributed by atoms with Crippen LogP contribution in [0.2, 0.25) is 0 Å². The van der Waals surface area contributed by atoms with E-state index in [-0.39, 0.29) is 36.1 Å². The van der Waals surface area contributed by atoms with Crippen molar-refractivity contribution in [1.29, 1.82) is 0 Å². The van der Waals surface area contributed by atoms with E-state index in [4.69, 9.17) is 28.4 Å². The van der Waals surface area contributed by atoms with Gasteiger partial charge in [-0.25, -0.2) is 45.6 Å². The van der Waals surface area contributed by atoms with Crippen LogP contribution in [0.3, 0.4) is 0 Å². The van der Waals surface area contributed by atoms with Crippen LogP contribution in [0.15, 0.2) is 98.1 Å². The van der Waals surface area contributed by atoms with Crippen molar-refractivity contribution in [3.8, 4) is 68.6 Å². The lowest BCUT2D eigenvalue weighted by Crippen LogP contribution is -2.24. The van der Waals surface area contributed by atoms with Gasteiger partial charge in [0.25, 0.3) is 0 Å². The molecule has 8 rings (SSSR count). The van der Waals surface area contributed by atoms with Crippen LogP contribution in [0.4, 0.5) is 8.78 Å². The Labute approximate surface area is 424 Å². The highest BCUT2D eigenvalue weighted by Crippen LogP contribution is 2.39. The van der Waals surface area contributed by atoms with Gasteiger partial charge in [0.15, 0.2) is 54.6 Å². The Morgan fingerprint density at radius 1 is 0.486 bits per heavy atom. The van der Waals surface area contributed by atoms with E-state index in [0.717, 1.165) is 24.8 Å². The first-order valence-corrected chi connectivity index (χ1v) is 25.6. The first kappa shape index (κ1) is 53.5. The predicted octanol–water partition coefficient (Wildman–Crippen LogP) is 5.66. The van der Waals surface area contributed by atoms with Gasteiger partial charge in [-0.05, 0) is 50.2 Å². The summed E-state index contributed by atoms with van der Waals surface area (Å²) in [6.07, 6.45) is 10.2. The van der Waals surface area contributed by atoms with Crippen molar-refractivity contribution in [2.24, 2.45) is 0 Å². The van der Waals surface area contributed by atoms with Crippen molar-refractivity contribution in [2.45, 2.75) is 48.7 Å². The molecule has 8 aromatic rings. The van der Waals surface area contributed by atoms with E-state index >= 15 is 0 Å². The summed E-state index contributed by atoms with van der Waals surface area (Å²) in [5, 5.41) is 15.3. The number of rotatable bonds is 20. The number of benzene rings is 2.